The van der Waals surface area contributed by atoms with Crippen molar-refractivity contribution in [1.82, 2.24) is 5.32 Å². The van der Waals surface area contributed by atoms with Crippen molar-refractivity contribution in [3.8, 4) is 0 Å². The normalized spacial score (nSPS) is 19.2. The van der Waals surface area contributed by atoms with Gasteiger partial charge in [0.05, 0.1) is 11.6 Å². The van der Waals surface area contributed by atoms with Gasteiger partial charge in [-0.05, 0) is 18.6 Å². The second kappa shape index (κ2) is 5.12. The minimum absolute atomic E-state index is 0.101. The lowest BCUT2D eigenvalue weighted by Crippen LogP contribution is -2.40. The zero-order chi connectivity index (χ0) is 13.1. The van der Waals surface area contributed by atoms with Crippen molar-refractivity contribution in [1.29, 1.82) is 0 Å². The molecule has 96 valence electrons. The van der Waals surface area contributed by atoms with Gasteiger partial charge in [0.25, 0.3) is 0 Å². The summed E-state index contributed by atoms with van der Waals surface area (Å²) in [5, 5.41) is 4.89. The largest absolute Gasteiger partial charge is 0.355 e. The van der Waals surface area contributed by atoms with Gasteiger partial charge in [-0.2, -0.15) is 0 Å². The molecule has 6 heteroatoms. The van der Waals surface area contributed by atoms with Gasteiger partial charge >= 0.3 is 0 Å². The Morgan fingerprint density at radius 3 is 2.83 bits per heavy atom. The first-order chi connectivity index (χ1) is 8.56. The van der Waals surface area contributed by atoms with Crippen LogP contribution in [0.5, 0.6) is 0 Å². The lowest BCUT2D eigenvalue weighted by atomic mass is 9.98. The van der Waals surface area contributed by atoms with Crippen molar-refractivity contribution < 1.29 is 18.4 Å². The molecule has 2 amide bonds. The fourth-order valence-electron chi connectivity index (χ4n) is 1.78. The highest BCUT2D eigenvalue weighted by atomic mass is 19.1. The third-order valence-corrected chi connectivity index (χ3v) is 2.82. The van der Waals surface area contributed by atoms with E-state index >= 15 is 0 Å². The molecular weight excluding hydrogens is 242 g/mol. The summed E-state index contributed by atoms with van der Waals surface area (Å²) in [5.41, 5.74) is -0.183. The van der Waals surface area contributed by atoms with Crippen LogP contribution in [0.1, 0.15) is 12.8 Å². The Kier molecular flexibility index (Phi) is 3.55. The van der Waals surface area contributed by atoms with Crippen LogP contribution in [0.4, 0.5) is 14.5 Å². The molecule has 0 aromatic heterocycles. The molecule has 1 heterocycles. The number of benzene rings is 1. The zero-order valence-electron chi connectivity index (χ0n) is 9.50. The molecule has 2 rings (SSSR count). The minimum Gasteiger partial charge on any atom is -0.355 e. The van der Waals surface area contributed by atoms with Crippen LogP contribution in [0.2, 0.25) is 0 Å². The Bertz CT molecular complexity index is 481. The molecule has 1 fully saturated rings. The number of carbonyl (C=O) groups is 2. The van der Waals surface area contributed by atoms with Gasteiger partial charge in [0, 0.05) is 19.0 Å². The summed E-state index contributed by atoms with van der Waals surface area (Å²) in [7, 11) is 0. The molecule has 1 aliphatic heterocycles. The molecule has 2 N–H and O–H groups in total. The van der Waals surface area contributed by atoms with E-state index in [0.717, 1.165) is 18.2 Å². The van der Waals surface area contributed by atoms with Crippen LogP contribution in [0.15, 0.2) is 18.2 Å². The molecular formula is C12H12F2N2O2. The van der Waals surface area contributed by atoms with Gasteiger partial charge in [-0.3, -0.25) is 9.59 Å². The number of hydrogen-bond acceptors (Lipinski definition) is 2. The van der Waals surface area contributed by atoms with E-state index in [1.54, 1.807) is 0 Å². The molecule has 1 saturated heterocycles. The van der Waals surface area contributed by atoms with Crippen molar-refractivity contribution >= 4 is 17.5 Å². The molecule has 1 aromatic carbocycles. The predicted octanol–water partition coefficient (Wildman–Crippen LogP) is 1.43. The second-order valence-electron chi connectivity index (χ2n) is 4.15. The predicted molar refractivity (Wildman–Crippen MR) is 60.7 cm³/mol. The van der Waals surface area contributed by atoms with Crippen LogP contribution in [-0.2, 0) is 9.59 Å². The Morgan fingerprint density at radius 2 is 2.17 bits per heavy atom. The molecule has 0 bridgehead atoms. The molecule has 0 aliphatic carbocycles. The SMILES string of the molecule is O=C1CCC(C(=O)Nc2cc(F)ccc2F)CN1. The highest BCUT2D eigenvalue weighted by molar-refractivity contribution is 5.94. The number of amides is 2. The van der Waals surface area contributed by atoms with E-state index in [9.17, 15) is 18.4 Å². The summed E-state index contributed by atoms with van der Waals surface area (Å²) in [4.78, 5) is 22.7. The molecule has 1 aliphatic rings. The Labute approximate surface area is 102 Å². The zero-order valence-corrected chi connectivity index (χ0v) is 9.50. The highest BCUT2D eigenvalue weighted by Crippen LogP contribution is 2.18. The topological polar surface area (TPSA) is 58.2 Å². The van der Waals surface area contributed by atoms with E-state index in [2.05, 4.69) is 10.6 Å². The summed E-state index contributed by atoms with van der Waals surface area (Å²) in [6.07, 6.45) is 0.679. The molecule has 0 radical (unpaired) electrons. The first-order valence-corrected chi connectivity index (χ1v) is 5.59. The van der Waals surface area contributed by atoms with Crippen LogP contribution in [0.3, 0.4) is 0 Å². The number of rotatable bonds is 2. The Morgan fingerprint density at radius 1 is 1.39 bits per heavy atom. The van der Waals surface area contributed by atoms with Gasteiger partial charge in [-0.15, -0.1) is 0 Å². The van der Waals surface area contributed by atoms with Crippen LogP contribution in [-0.4, -0.2) is 18.4 Å². The average molecular weight is 254 g/mol. The van der Waals surface area contributed by atoms with Crippen molar-refractivity contribution in [2.24, 2.45) is 5.92 Å². The number of anilines is 1. The highest BCUT2D eigenvalue weighted by Gasteiger charge is 2.25. The number of piperidine rings is 1. The lowest BCUT2D eigenvalue weighted by Gasteiger charge is -2.21. The maximum absolute atomic E-state index is 13.3. The summed E-state index contributed by atoms with van der Waals surface area (Å²) < 4.78 is 26.2. The number of carbonyl (C=O) groups excluding carboxylic acids is 2. The monoisotopic (exact) mass is 254 g/mol. The quantitative estimate of drug-likeness (QED) is 0.838. The van der Waals surface area contributed by atoms with Crippen molar-refractivity contribution in [3.05, 3.63) is 29.8 Å². The molecule has 1 unspecified atom stereocenters. The smallest absolute Gasteiger partial charge is 0.229 e. The van der Waals surface area contributed by atoms with Gasteiger partial charge in [-0.1, -0.05) is 0 Å². The molecule has 1 aromatic rings. The van der Waals surface area contributed by atoms with E-state index in [1.165, 1.54) is 0 Å². The number of halogens is 2. The maximum Gasteiger partial charge on any atom is 0.229 e. The summed E-state index contributed by atoms with van der Waals surface area (Å²) in [6, 6.07) is 2.86. The minimum atomic E-state index is -0.690. The Hall–Kier alpha value is -1.98. The van der Waals surface area contributed by atoms with Crippen molar-refractivity contribution in [2.75, 3.05) is 11.9 Å². The van der Waals surface area contributed by atoms with Gasteiger partial charge < -0.3 is 10.6 Å². The van der Waals surface area contributed by atoms with Gasteiger partial charge in [-0.25, -0.2) is 8.78 Å². The first-order valence-electron chi connectivity index (χ1n) is 5.59. The van der Waals surface area contributed by atoms with Gasteiger partial charge in [0.2, 0.25) is 11.8 Å². The number of nitrogens with one attached hydrogen (secondary N) is 2. The van der Waals surface area contributed by atoms with Crippen molar-refractivity contribution in [3.63, 3.8) is 0 Å². The molecule has 0 saturated carbocycles. The molecule has 1 atom stereocenters. The van der Waals surface area contributed by atoms with Crippen LogP contribution in [0, 0.1) is 17.6 Å². The third-order valence-electron chi connectivity index (χ3n) is 2.82. The standard InChI is InChI=1S/C12H12F2N2O2/c13-8-2-3-9(14)10(5-8)16-12(18)7-1-4-11(17)15-6-7/h2-3,5,7H,1,4,6H2,(H,15,17)(H,16,18). The molecule has 18 heavy (non-hydrogen) atoms. The van der Waals surface area contributed by atoms with Crippen molar-refractivity contribution in [2.45, 2.75) is 12.8 Å². The summed E-state index contributed by atoms with van der Waals surface area (Å²) >= 11 is 0. The lowest BCUT2D eigenvalue weighted by molar-refractivity contribution is -0.126. The first kappa shape index (κ1) is 12.5. The van der Waals surface area contributed by atoms with E-state index in [4.69, 9.17) is 0 Å². The van der Waals surface area contributed by atoms with E-state index < -0.39 is 23.5 Å². The fraction of sp³-hybridized carbons (Fsp3) is 0.333. The summed E-state index contributed by atoms with van der Waals surface area (Å²) in [5.74, 6) is -2.24. The summed E-state index contributed by atoms with van der Waals surface area (Å²) in [6.45, 7) is 0.224. The molecule has 4 nitrogen and oxygen atoms in total. The van der Waals surface area contributed by atoms with Gasteiger partial charge in [0.1, 0.15) is 11.6 Å². The van der Waals surface area contributed by atoms with E-state index in [1.807, 2.05) is 0 Å². The fourth-order valence-corrected chi connectivity index (χ4v) is 1.78. The second-order valence-corrected chi connectivity index (χ2v) is 4.15. The van der Waals surface area contributed by atoms with Crippen LogP contribution < -0.4 is 10.6 Å². The van der Waals surface area contributed by atoms with Gasteiger partial charge in [0.15, 0.2) is 0 Å². The third kappa shape index (κ3) is 2.82. The number of hydrogen-bond donors (Lipinski definition) is 2. The average Bonchev–Trinajstić information content (AvgIpc) is 2.34. The van der Waals surface area contributed by atoms with Crippen LogP contribution in [0.25, 0.3) is 0 Å². The molecule has 0 spiro atoms. The van der Waals surface area contributed by atoms with Crippen LogP contribution >= 0.6 is 0 Å². The Balaban J connectivity index is 2.02. The van der Waals surface area contributed by atoms with E-state index in [-0.39, 0.29) is 24.6 Å². The maximum atomic E-state index is 13.3. The van der Waals surface area contributed by atoms with E-state index in [0.29, 0.717) is 6.42 Å².